The van der Waals surface area contributed by atoms with Crippen molar-refractivity contribution < 1.29 is 23.8 Å². The zero-order chi connectivity index (χ0) is 36.4. The van der Waals surface area contributed by atoms with Crippen LogP contribution in [-0.4, -0.2) is 37.9 Å². The molecule has 0 aliphatic heterocycles. The fraction of sp³-hybridized carbons (Fsp3) is 0.644. The second-order valence-electron chi connectivity index (χ2n) is 12.8. The fourth-order valence-electron chi connectivity index (χ4n) is 5.01. The monoisotopic (exact) mass is 695 g/mol. The van der Waals surface area contributed by atoms with Crippen LogP contribution < -0.4 is 0 Å². The van der Waals surface area contributed by atoms with Gasteiger partial charge in [-0.3, -0.25) is 9.59 Å². The number of carbonyl (C=O) groups is 2. The minimum atomic E-state index is -0.574. The van der Waals surface area contributed by atoms with E-state index in [0.717, 1.165) is 83.5 Å². The number of allylic oxidation sites excluding steroid dienone is 14. The molecule has 0 fully saturated rings. The van der Waals surface area contributed by atoms with Crippen LogP contribution in [0.25, 0.3) is 0 Å². The van der Waals surface area contributed by atoms with Gasteiger partial charge in [-0.1, -0.05) is 157 Å². The lowest BCUT2D eigenvalue weighted by Crippen LogP contribution is -2.30. The molecule has 5 heteroatoms. The maximum absolute atomic E-state index is 12.6. The lowest BCUT2D eigenvalue weighted by atomic mass is 10.1. The summed E-state index contributed by atoms with van der Waals surface area (Å²) >= 11 is 0. The molecule has 0 aliphatic rings. The highest BCUT2D eigenvalue weighted by Crippen LogP contribution is 2.11. The van der Waals surface area contributed by atoms with Crippen molar-refractivity contribution in [3.63, 3.8) is 0 Å². The Morgan fingerprint density at radius 2 is 0.940 bits per heavy atom. The topological polar surface area (TPSA) is 61.8 Å². The molecule has 0 radical (unpaired) electrons. The van der Waals surface area contributed by atoms with Gasteiger partial charge in [0.1, 0.15) is 6.61 Å². The molecule has 1 atom stereocenters. The van der Waals surface area contributed by atoms with Crippen LogP contribution in [0, 0.1) is 0 Å². The van der Waals surface area contributed by atoms with Crippen LogP contribution >= 0.6 is 0 Å². The third kappa shape index (κ3) is 37.9. The van der Waals surface area contributed by atoms with E-state index in [1.165, 1.54) is 38.5 Å². The number of rotatable bonds is 35. The van der Waals surface area contributed by atoms with Crippen LogP contribution in [0.1, 0.15) is 162 Å². The second-order valence-corrected chi connectivity index (χ2v) is 12.8. The number of carbonyl (C=O) groups excluding carboxylic acids is 2. The molecule has 0 aromatic rings. The average molecular weight is 695 g/mol. The summed E-state index contributed by atoms with van der Waals surface area (Å²) in [5.41, 5.74) is 0. The Morgan fingerprint density at radius 1 is 0.460 bits per heavy atom. The standard InChI is InChI=1S/C45H74O5/c1-4-7-10-13-16-18-20-22-24-26-28-31-34-37-40-48-41-43(50-45(47)39-36-33-29-15-12-9-6-3)42-49-44(46)38-35-32-30-27-25-23-21-19-17-14-11-8-5-2/h7-8,10-11,16-19,22-25,30,32,43H,4-6,9,12-15,20-21,26-29,31,33-42H2,1-3H3/b10-7-,11-8-,18-16-,19-17-,24-22-,25-23-,32-30-. The Balaban J connectivity index is 4.35. The lowest BCUT2D eigenvalue weighted by molar-refractivity contribution is -0.162. The van der Waals surface area contributed by atoms with E-state index in [-0.39, 0.29) is 25.2 Å². The van der Waals surface area contributed by atoms with Gasteiger partial charge in [0.05, 0.1) is 6.61 Å². The van der Waals surface area contributed by atoms with Crippen molar-refractivity contribution in [1.29, 1.82) is 0 Å². The predicted molar refractivity (Wildman–Crippen MR) is 214 cm³/mol. The van der Waals surface area contributed by atoms with Crippen molar-refractivity contribution in [2.75, 3.05) is 19.8 Å². The smallest absolute Gasteiger partial charge is 0.306 e. The Morgan fingerprint density at radius 3 is 1.52 bits per heavy atom. The van der Waals surface area contributed by atoms with Crippen molar-refractivity contribution in [3.05, 3.63) is 85.1 Å². The molecule has 0 spiro atoms. The van der Waals surface area contributed by atoms with Crippen molar-refractivity contribution in [1.82, 2.24) is 0 Å². The van der Waals surface area contributed by atoms with E-state index < -0.39 is 6.10 Å². The number of ether oxygens (including phenoxy) is 3. The van der Waals surface area contributed by atoms with Gasteiger partial charge in [0.15, 0.2) is 6.10 Å². The third-order valence-electron chi connectivity index (χ3n) is 7.94. The summed E-state index contributed by atoms with van der Waals surface area (Å²) in [7, 11) is 0. The van der Waals surface area contributed by atoms with Gasteiger partial charge < -0.3 is 14.2 Å². The summed E-state index contributed by atoms with van der Waals surface area (Å²) in [4.78, 5) is 25.0. The van der Waals surface area contributed by atoms with Gasteiger partial charge in [0.25, 0.3) is 0 Å². The Kier molecular flexibility index (Phi) is 38.1. The molecule has 284 valence electrons. The quantitative estimate of drug-likeness (QED) is 0.0375. The molecule has 0 aliphatic carbocycles. The summed E-state index contributed by atoms with van der Waals surface area (Å²) in [6.07, 6.45) is 51.7. The van der Waals surface area contributed by atoms with E-state index in [1.54, 1.807) is 0 Å². The minimum Gasteiger partial charge on any atom is -0.462 e. The van der Waals surface area contributed by atoms with Gasteiger partial charge in [0, 0.05) is 19.4 Å². The highest BCUT2D eigenvalue weighted by atomic mass is 16.6. The van der Waals surface area contributed by atoms with Gasteiger partial charge in [0.2, 0.25) is 0 Å². The fourth-order valence-corrected chi connectivity index (χ4v) is 5.01. The van der Waals surface area contributed by atoms with E-state index in [9.17, 15) is 9.59 Å². The molecule has 1 unspecified atom stereocenters. The highest BCUT2D eigenvalue weighted by molar-refractivity contribution is 5.70. The summed E-state index contributed by atoms with van der Waals surface area (Å²) in [5.74, 6) is -0.519. The van der Waals surface area contributed by atoms with Crippen LogP contribution in [0.2, 0.25) is 0 Å². The first-order chi connectivity index (χ1) is 24.6. The molecule has 0 bridgehead atoms. The van der Waals surface area contributed by atoms with Gasteiger partial charge >= 0.3 is 11.9 Å². The maximum Gasteiger partial charge on any atom is 0.306 e. The van der Waals surface area contributed by atoms with Crippen molar-refractivity contribution >= 4 is 11.9 Å². The Bertz CT molecular complexity index is 968. The molecule has 0 aromatic carbocycles. The first-order valence-electron chi connectivity index (χ1n) is 20.1. The van der Waals surface area contributed by atoms with Gasteiger partial charge in [-0.05, 0) is 77.0 Å². The molecule has 0 rings (SSSR count). The normalized spacial score (nSPS) is 13.1. The van der Waals surface area contributed by atoms with Crippen LogP contribution in [0.4, 0.5) is 0 Å². The summed E-state index contributed by atoms with van der Waals surface area (Å²) < 4.78 is 17.1. The molecular weight excluding hydrogens is 620 g/mol. The Hall–Kier alpha value is -2.92. The van der Waals surface area contributed by atoms with Crippen LogP contribution in [0.3, 0.4) is 0 Å². The van der Waals surface area contributed by atoms with Crippen LogP contribution in [-0.2, 0) is 23.8 Å². The molecule has 0 heterocycles. The van der Waals surface area contributed by atoms with E-state index >= 15 is 0 Å². The second kappa shape index (κ2) is 40.5. The summed E-state index contributed by atoms with van der Waals surface area (Å²) in [6, 6.07) is 0. The molecular formula is C45H74O5. The van der Waals surface area contributed by atoms with E-state index in [4.69, 9.17) is 14.2 Å². The van der Waals surface area contributed by atoms with Gasteiger partial charge in [-0.25, -0.2) is 0 Å². The number of hydrogen-bond donors (Lipinski definition) is 0. The molecule has 0 saturated carbocycles. The molecule has 50 heavy (non-hydrogen) atoms. The van der Waals surface area contributed by atoms with Crippen LogP contribution in [0.5, 0.6) is 0 Å². The first kappa shape index (κ1) is 47.1. The molecule has 0 N–H and O–H groups in total. The molecule has 0 amide bonds. The molecule has 0 saturated heterocycles. The highest BCUT2D eigenvalue weighted by Gasteiger charge is 2.17. The maximum atomic E-state index is 12.6. The average Bonchev–Trinajstić information content (AvgIpc) is 3.11. The lowest BCUT2D eigenvalue weighted by Gasteiger charge is -2.18. The molecule has 5 nitrogen and oxygen atoms in total. The van der Waals surface area contributed by atoms with E-state index in [2.05, 4.69) is 99.8 Å². The Labute approximate surface area is 308 Å². The first-order valence-corrected chi connectivity index (χ1v) is 20.1. The number of unbranched alkanes of at least 4 members (excludes halogenated alkanes) is 10. The minimum absolute atomic E-state index is 0.0345. The summed E-state index contributed by atoms with van der Waals surface area (Å²) in [6.45, 7) is 7.40. The van der Waals surface area contributed by atoms with Crippen molar-refractivity contribution in [3.8, 4) is 0 Å². The number of esters is 2. The third-order valence-corrected chi connectivity index (χ3v) is 7.94. The van der Waals surface area contributed by atoms with E-state index in [1.807, 2.05) is 6.08 Å². The van der Waals surface area contributed by atoms with Gasteiger partial charge in [-0.15, -0.1) is 0 Å². The van der Waals surface area contributed by atoms with Crippen molar-refractivity contribution in [2.45, 2.75) is 168 Å². The molecule has 0 aromatic heterocycles. The van der Waals surface area contributed by atoms with Crippen LogP contribution in [0.15, 0.2) is 85.1 Å². The van der Waals surface area contributed by atoms with E-state index in [0.29, 0.717) is 25.9 Å². The van der Waals surface area contributed by atoms with Crippen molar-refractivity contribution in [2.24, 2.45) is 0 Å². The number of hydrogen-bond acceptors (Lipinski definition) is 5. The SMILES string of the molecule is CC/C=C\C/C=C\C/C=C\C/C=C\CCC(=O)OCC(COCCCCCC/C=C\C/C=C\C/C=C\CC)OC(=O)CCCCCCCCC. The zero-order valence-electron chi connectivity index (χ0n) is 32.4. The largest absolute Gasteiger partial charge is 0.462 e. The van der Waals surface area contributed by atoms with Gasteiger partial charge in [-0.2, -0.15) is 0 Å². The predicted octanol–water partition coefficient (Wildman–Crippen LogP) is 13.0. The summed E-state index contributed by atoms with van der Waals surface area (Å²) in [5, 5.41) is 0. The zero-order valence-corrected chi connectivity index (χ0v) is 32.4.